The molecule has 0 aliphatic heterocycles. The SMILES string of the molecule is CCc1ccccc1-c1cncnc1Oc1ccc(C(F)F)cc1. The minimum atomic E-state index is -2.50. The maximum absolute atomic E-state index is 12.6. The van der Waals surface area contributed by atoms with Crippen molar-refractivity contribution in [1.29, 1.82) is 0 Å². The van der Waals surface area contributed by atoms with Gasteiger partial charge in [0, 0.05) is 11.8 Å². The van der Waals surface area contributed by atoms with Crippen LogP contribution in [0, 0.1) is 0 Å². The molecule has 0 aliphatic carbocycles. The van der Waals surface area contributed by atoms with Crippen molar-refractivity contribution in [2.24, 2.45) is 0 Å². The molecule has 0 saturated carbocycles. The molecule has 0 saturated heterocycles. The van der Waals surface area contributed by atoms with Crippen molar-refractivity contribution in [1.82, 2.24) is 9.97 Å². The zero-order chi connectivity index (χ0) is 16.9. The minimum Gasteiger partial charge on any atom is -0.438 e. The molecule has 0 fully saturated rings. The van der Waals surface area contributed by atoms with Gasteiger partial charge in [0.2, 0.25) is 5.88 Å². The van der Waals surface area contributed by atoms with Crippen LogP contribution in [0.25, 0.3) is 11.1 Å². The summed E-state index contributed by atoms with van der Waals surface area (Å²) in [5, 5.41) is 0. The lowest BCUT2D eigenvalue weighted by Crippen LogP contribution is -1.95. The maximum atomic E-state index is 12.6. The standard InChI is InChI=1S/C19H16F2N2O/c1-2-13-5-3-4-6-16(13)17-11-22-12-23-19(17)24-15-9-7-14(8-10-15)18(20)21/h3-12,18H,2H2,1H3. The summed E-state index contributed by atoms with van der Waals surface area (Å²) >= 11 is 0. The summed E-state index contributed by atoms with van der Waals surface area (Å²) < 4.78 is 31.1. The van der Waals surface area contributed by atoms with Gasteiger partial charge in [-0.25, -0.2) is 18.7 Å². The molecule has 3 rings (SSSR count). The highest BCUT2D eigenvalue weighted by Crippen LogP contribution is 2.33. The lowest BCUT2D eigenvalue weighted by molar-refractivity contribution is 0.151. The molecule has 0 unspecified atom stereocenters. The van der Waals surface area contributed by atoms with Gasteiger partial charge in [-0.05, 0) is 41.8 Å². The molecule has 5 heteroatoms. The van der Waals surface area contributed by atoms with Gasteiger partial charge in [0.1, 0.15) is 12.1 Å². The molecular formula is C19H16F2N2O. The minimum absolute atomic E-state index is 0.0402. The third-order valence-corrected chi connectivity index (χ3v) is 3.71. The lowest BCUT2D eigenvalue weighted by atomic mass is 10.00. The fourth-order valence-corrected chi connectivity index (χ4v) is 2.47. The van der Waals surface area contributed by atoms with E-state index in [0.29, 0.717) is 11.6 Å². The average molecular weight is 326 g/mol. The number of aromatic nitrogens is 2. The smallest absolute Gasteiger partial charge is 0.263 e. The number of aryl methyl sites for hydroxylation is 1. The molecule has 122 valence electrons. The molecule has 0 aliphatic rings. The molecule has 0 radical (unpaired) electrons. The molecule has 0 bridgehead atoms. The van der Waals surface area contributed by atoms with Crippen molar-refractivity contribution >= 4 is 0 Å². The van der Waals surface area contributed by atoms with Gasteiger partial charge in [0.05, 0.1) is 5.56 Å². The lowest BCUT2D eigenvalue weighted by Gasteiger charge is -2.12. The number of nitrogens with zero attached hydrogens (tertiary/aromatic N) is 2. The Morgan fingerprint density at radius 3 is 2.46 bits per heavy atom. The van der Waals surface area contributed by atoms with Crippen molar-refractivity contribution in [3.63, 3.8) is 0 Å². The Morgan fingerprint density at radius 1 is 1.00 bits per heavy atom. The van der Waals surface area contributed by atoms with Crippen LogP contribution in [0.15, 0.2) is 61.1 Å². The first-order chi connectivity index (χ1) is 11.7. The Hall–Kier alpha value is -2.82. The van der Waals surface area contributed by atoms with Crippen LogP contribution >= 0.6 is 0 Å². The number of hydrogen-bond acceptors (Lipinski definition) is 3. The van der Waals surface area contributed by atoms with Crippen LogP contribution in [0.1, 0.15) is 24.5 Å². The van der Waals surface area contributed by atoms with Crippen LogP contribution < -0.4 is 4.74 Å². The van der Waals surface area contributed by atoms with Crippen LogP contribution in [0.3, 0.4) is 0 Å². The number of hydrogen-bond donors (Lipinski definition) is 0. The maximum Gasteiger partial charge on any atom is 0.263 e. The van der Waals surface area contributed by atoms with E-state index in [0.717, 1.165) is 23.1 Å². The highest BCUT2D eigenvalue weighted by Gasteiger charge is 2.13. The summed E-state index contributed by atoms with van der Waals surface area (Å²) in [4.78, 5) is 8.29. The van der Waals surface area contributed by atoms with Crippen LogP contribution in [0.4, 0.5) is 8.78 Å². The van der Waals surface area contributed by atoms with Crippen LogP contribution in [0.2, 0.25) is 0 Å². The summed E-state index contributed by atoms with van der Waals surface area (Å²) in [6, 6.07) is 13.7. The normalized spacial score (nSPS) is 10.8. The number of halogens is 2. The number of alkyl halides is 2. The van der Waals surface area contributed by atoms with Crippen molar-refractivity contribution in [2.45, 2.75) is 19.8 Å². The largest absolute Gasteiger partial charge is 0.438 e. The van der Waals surface area contributed by atoms with Crippen LogP contribution in [0.5, 0.6) is 11.6 Å². The topological polar surface area (TPSA) is 35.0 Å². The summed E-state index contributed by atoms with van der Waals surface area (Å²) in [6.07, 6.45) is 1.48. The van der Waals surface area contributed by atoms with Crippen molar-refractivity contribution in [2.75, 3.05) is 0 Å². The molecule has 0 spiro atoms. The van der Waals surface area contributed by atoms with E-state index in [2.05, 4.69) is 16.9 Å². The summed E-state index contributed by atoms with van der Waals surface area (Å²) in [5.41, 5.74) is 2.89. The molecule has 1 aromatic heterocycles. The van der Waals surface area contributed by atoms with Crippen molar-refractivity contribution in [3.05, 3.63) is 72.2 Å². The highest BCUT2D eigenvalue weighted by molar-refractivity contribution is 5.71. The van der Waals surface area contributed by atoms with E-state index < -0.39 is 6.43 Å². The van der Waals surface area contributed by atoms with E-state index >= 15 is 0 Å². The van der Waals surface area contributed by atoms with Gasteiger partial charge < -0.3 is 4.74 Å². The van der Waals surface area contributed by atoms with Gasteiger partial charge in [-0.3, -0.25) is 0 Å². The predicted molar refractivity (Wildman–Crippen MR) is 88.3 cm³/mol. The monoisotopic (exact) mass is 326 g/mol. The first kappa shape index (κ1) is 16.1. The number of benzene rings is 2. The van der Waals surface area contributed by atoms with Gasteiger partial charge in [-0.2, -0.15) is 0 Å². The third-order valence-electron chi connectivity index (χ3n) is 3.71. The molecule has 24 heavy (non-hydrogen) atoms. The first-order valence-corrected chi connectivity index (χ1v) is 7.63. The molecule has 0 N–H and O–H groups in total. The zero-order valence-corrected chi connectivity index (χ0v) is 13.1. The zero-order valence-electron chi connectivity index (χ0n) is 13.1. The van der Waals surface area contributed by atoms with E-state index in [9.17, 15) is 8.78 Å². The van der Waals surface area contributed by atoms with Gasteiger partial charge in [0.15, 0.2) is 0 Å². The molecule has 0 atom stereocenters. The molecule has 2 aromatic carbocycles. The first-order valence-electron chi connectivity index (χ1n) is 7.63. The van der Waals surface area contributed by atoms with Gasteiger partial charge in [0.25, 0.3) is 6.43 Å². The summed E-state index contributed by atoms with van der Waals surface area (Å²) in [6.45, 7) is 2.08. The van der Waals surface area contributed by atoms with E-state index in [4.69, 9.17) is 4.74 Å². The van der Waals surface area contributed by atoms with Crippen molar-refractivity contribution in [3.8, 4) is 22.8 Å². The second-order valence-electron chi connectivity index (χ2n) is 5.22. The number of rotatable bonds is 5. The fourth-order valence-electron chi connectivity index (χ4n) is 2.47. The highest BCUT2D eigenvalue weighted by atomic mass is 19.3. The number of ether oxygens (including phenoxy) is 1. The average Bonchev–Trinajstić information content (AvgIpc) is 2.62. The van der Waals surface area contributed by atoms with Crippen molar-refractivity contribution < 1.29 is 13.5 Å². The Kier molecular flexibility index (Phi) is 4.79. The Morgan fingerprint density at radius 2 is 1.75 bits per heavy atom. The molecule has 3 aromatic rings. The molecule has 0 amide bonds. The second-order valence-corrected chi connectivity index (χ2v) is 5.22. The van der Waals surface area contributed by atoms with E-state index in [-0.39, 0.29) is 5.56 Å². The van der Waals surface area contributed by atoms with E-state index in [1.54, 1.807) is 6.20 Å². The predicted octanol–water partition coefficient (Wildman–Crippen LogP) is 5.44. The molecular weight excluding hydrogens is 310 g/mol. The Balaban J connectivity index is 1.95. The summed E-state index contributed by atoms with van der Waals surface area (Å²) in [5.74, 6) is 0.851. The third kappa shape index (κ3) is 3.40. The second kappa shape index (κ2) is 7.17. The van der Waals surface area contributed by atoms with Gasteiger partial charge >= 0.3 is 0 Å². The van der Waals surface area contributed by atoms with Gasteiger partial charge in [-0.15, -0.1) is 0 Å². The summed E-state index contributed by atoms with van der Waals surface area (Å²) in [7, 11) is 0. The van der Waals surface area contributed by atoms with E-state index in [1.165, 1.54) is 30.6 Å². The quantitative estimate of drug-likeness (QED) is 0.626. The van der Waals surface area contributed by atoms with E-state index in [1.807, 2.05) is 24.3 Å². The molecule has 1 heterocycles. The Labute approximate surface area is 139 Å². The Bertz CT molecular complexity index is 820. The van der Waals surface area contributed by atoms with Gasteiger partial charge in [-0.1, -0.05) is 31.2 Å². The fraction of sp³-hybridized carbons (Fsp3) is 0.158. The van der Waals surface area contributed by atoms with Crippen LogP contribution in [-0.4, -0.2) is 9.97 Å². The molecule has 3 nitrogen and oxygen atoms in total. The van der Waals surface area contributed by atoms with Crippen LogP contribution in [-0.2, 0) is 6.42 Å².